The Kier molecular flexibility index (Phi) is 4.96. The van der Waals surface area contributed by atoms with Gasteiger partial charge < -0.3 is 10.0 Å². The van der Waals surface area contributed by atoms with E-state index in [1.807, 2.05) is 30.3 Å². The molecule has 1 aliphatic heterocycles. The predicted molar refractivity (Wildman–Crippen MR) is 79.7 cm³/mol. The smallest absolute Gasteiger partial charge is 0.326 e. The second-order valence-corrected chi connectivity index (χ2v) is 5.58. The number of hydrogen-bond acceptors (Lipinski definition) is 3. The van der Waals surface area contributed by atoms with Gasteiger partial charge in [0.15, 0.2) is 0 Å². The van der Waals surface area contributed by atoms with Gasteiger partial charge in [-0.1, -0.05) is 30.3 Å². The Hall–Kier alpha value is -1.88. The number of carbonyl (C=O) groups excluding carboxylic acids is 1. The first-order chi connectivity index (χ1) is 10.0. The summed E-state index contributed by atoms with van der Waals surface area (Å²) in [6, 6.07) is 9.03. The molecular formula is C16H22N2O3. The van der Waals surface area contributed by atoms with Crippen LogP contribution in [0.2, 0.25) is 0 Å². The number of hydrogen-bond donors (Lipinski definition) is 1. The number of benzene rings is 1. The van der Waals surface area contributed by atoms with E-state index in [9.17, 15) is 9.59 Å². The fourth-order valence-electron chi connectivity index (χ4n) is 2.70. The SMILES string of the molecule is C[C@H](C(=O)O)N(C)C(=O)[C@H]1CCCN1Cc1ccccc1. The number of carboxylic acid groups (broad SMARTS) is 1. The highest BCUT2D eigenvalue weighted by Gasteiger charge is 2.35. The summed E-state index contributed by atoms with van der Waals surface area (Å²) in [5.41, 5.74) is 1.17. The van der Waals surface area contributed by atoms with E-state index in [1.54, 1.807) is 7.05 Å². The van der Waals surface area contributed by atoms with Crippen molar-refractivity contribution in [3.05, 3.63) is 35.9 Å². The lowest BCUT2D eigenvalue weighted by Gasteiger charge is -2.29. The van der Waals surface area contributed by atoms with Gasteiger partial charge >= 0.3 is 5.97 Å². The third-order valence-corrected chi connectivity index (χ3v) is 4.16. The number of rotatable bonds is 5. The van der Waals surface area contributed by atoms with Gasteiger partial charge in [0.2, 0.25) is 5.91 Å². The quantitative estimate of drug-likeness (QED) is 0.894. The van der Waals surface area contributed by atoms with Crippen molar-refractivity contribution in [3.63, 3.8) is 0 Å². The molecule has 0 radical (unpaired) electrons. The van der Waals surface area contributed by atoms with Gasteiger partial charge in [-0.2, -0.15) is 0 Å². The van der Waals surface area contributed by atoms with Gasteiger partial charge in [-0.25, -0.2) is 4.79 Å². The van der Waals surface area contributed by atoms with Gasteiger partial charge in [0.05, 0.1) is 6.04 Å². The van der Waals surface area contributed by atoms with Crippen molar-refractivity contribution >= 4 is 11.9 Å². The molecule has 0 bridgehead atoms. The van der Waals surface area contributed by atoms with Gasteiger partial charge in [-0.3, -0.25) is 9.69 Å². The average molecular weight is 290 g/mol. The fraction of sp³-hybridized carbons (Fsp3) is 0.500. The molecule has 0 saturated carbocycles. The molecule has 1 aliphatic rings. The highest BCUT2D eigenvalue weighted by Crippen LogP contribution is 2.22. The van der Waals surface area contributed by atoms with Crippen molar-refractivity contribution in [2.45, 2.75) is 38.4 Å². The van der Waals surface area contributed by atoms with E-state index in [1.165, 1.54) is 17.4 Å². The summed E-state index contributed by atoms with van der Waals surface area (Å²) in [5, 5.41) is 9.04. The molecule has 21 heavy (non-hydrogen) atoms. The molecule has 2 atom stereocenters. The van der Waals surface area contributed by atoms with E-state index in [0.29, 0.717) is 0 Å². The van der Waals surface area contributed by atoms with Crippen LogP contribution in [0.1, 0.15) is 25.3 Å². The van der Waals surface area contributed by atoms with Crippen molar-refractivity contribution < 1.29 is 14.7 Å². The van der Waals surface area contributed by atoms with Crippen molar-refractivity contribution in [2.24, 2.45) is 0 Å². The van der Waals surface area contributed by atoms with Crippen LogP contribution in [-0.4, -0.2) is 52.5 Å². The minimum Gasteiger partial charge on any atom is -0.480 e. The summed E-state index contributed by atoms with van der Waals surface area (Å²) < 4.78 is 0. The molecule has 5 heteroatoms. The van der Waals surface area contributed by atoms with Crippen LogP contribution in [0.3, 0.4) is 0 Å². The first-order valence-corrected chi connectivity index (χ1v) is 7.28. The van der Waals surface area contributed by atoms with Crippen LogP contribution in [0.25, 0.3) is 0 Å². The van der Waals surface area contributed by atoms with Crippen LogP contribution in [-0.2, 0) is 16.1 Å². The van der Waals surface area contributed by atoms with Crippen LogP contribution >= 0.6 is 0 Å². The third-order valence-electron chi connectivity index (χ3n) is 4.16. The normalized spacial score (nSPS) is 20.2. The maximum Gasteiger partial charge on any atom is 0.326 e. The Labute approximate surface area is 125 Å². The van der Waals surface area contributed by atoms with Gasteiger partial charge in [0, 0.05) is 13.6 Å². The lowest BCUT2D eigenvalue weighted by Crippen LogP contribution is -2.49. The van der Waals surface area contributed by atoms with Crippen LogP contribution in [0.4, 0.5) is 0 Å². The van der Waals surface area contributed by atoms with E-state index < -0.39 is 12.0 Å². The molecule has 1 N–H and O–H groups in total. The molecule has 0 aromatic heterocycles. The molecule has 1 saturated heterocycles. The van der Waals surface area contributed by atoms with E-state index in [0.717, 1.165) is 25.9 Å². The van der Waals surface area contributed by atoms with Gasteiger partial charge in [0.1, 0.15) is 6.04 Å². The molecule has 0 unspecified atom stereocenters. The highest BCUT2D eigenvalue weighted by atomic mass is 16.4. The lowest BCUT2D eigenvalue weighted by atomic mass is 10.1. The molecule has 0 spiro atoms. The standard InChI is InChI=1S/C16H22N2O3/c1-12(16(20)21)17(2)15(19)14-9-6-10-18(14)11-13-7-4-3-5-8-13/h3-5,7-8,12,14H,6,9-11H2,1-2H3,(H,20,21)/t12-,14-/m1/s1. The number of carbonyl (C=O) groups is 2. The number of nitrogens with zero attached hydrogens (tertiary/aromatic N) is 2. The maximum absolute atomic E-state index is 12.5. The molecule has 1 heterocycles. The van der Waals surface area contributed by atoms with Gasteiger partial charge in [0.25, 0.3) is 0 Å². The summed E-state index contributed by atoms with van der Waals surface area (Å²) >= 11 is 0. The maximum atomic E-state index is 12.5. The Morgan fingerprint density at radius 1 is 1.38 bits per heavy atom. The summed E-state index contributed by atoms with van der Waals surface area (Å²) in [6.45, 7) is 3.14. The van der Waals surface area contributed by atoms with Gasteiger partial charge in [-0.05, 0) is 31.9 Å². The molecule has 2 rings (SSSR count). The Balaban J connectivity index is 2.04. The number of amides is 1. The predicted octanol–water partition coefficient (Wildman–Crippen LogP) is 1.58. The minimum atomic E-state index is -0.974. The second kappa shape index (κ2) is 6.72. The summed E-state index contributed by atoms with van der Waals surface area (Å²) in [6.07, 6.45) is 1.76. The number of aliphatic carboxylic acids is 1. The molecule has 0 aliphatic carbocycles. The van der Waals surface area contributed by atoms with E-state index in [4.69, 9.17) is 5.11 Å². The zero-order chi connectivity index (χ0) is 15.4. The highest BCUT2D eigenvalue weighted by molar-refractivity contribution is 5.86. The molecule has 1 aromatic carbocycles. The summed E-state index contributed by atoms with van der Waals surface area (Å²) in [5.74, 6) is -1.07. The van der Waals surface area contributed by atoms with E-state index in [-0.39, 0.29) is 11.9 Å². The van der Waals surface area contributed by atoms with Crippen LogP contribution in [0.5, 0.6) is 0 Å². The van der Waals surface area contributed by atoms with Crippen molar-refractivity contribution in [2.75, 3.05) is 13.6 Å². The number of likely N-dealkylation sites (N-methyl/N-ethyl adjacent to an activating group) is 1. The van der Waals surface area contributed by atoms with Crippen molar-refractivity contribution in [1.29, 1.82) is 0 Å². The molecule has 1 aromatic rings. The summed E-state index contributed by atoms with van der Waals surface area (Å²) in [7, 11) is 1.57. The first kappa shape index (κ1) is 15.5. The van der Waals surface area contributed by atoms with Gasteiger partial charge in [-0.15, -0.1) is 0 Å². The first-order valence-electron chi connectivity index (χ1n) is 7.28. The zero-order valence-electron chi connectivity index (χ0n) is 12.5. The van der Waals surface area contributed by atoms with E-state index >= 15 is 0 Å². The lowest BCUT2D eigenvalue weighted by molar-refractivity contribution is -0.150. The Morgan fingerprint density at radius 3 is 2.67 bits per heavy atom. The van der Waals surface area contributed by atoms with E-state index in [2.05, 4.69) is 4.90 Å². The largest absolute Gasteiger partial charge is 0.480 e. The molecule has 1 fully saturated rings. The number of carboxylic acids is 1. The molecular weight excluding hydrogens is 268 g/mol. The molecule has 5 nitrogen and oxygen atoms in total. The monoisotopic (exact) mass is 290 g/mol. The number of likely N-dealkylation sites (tertiary alicyclic amines) is 1. The van der Waals surface area contributed by atoms with Crippen LogP contribution < -0.4 is 0 Å². The average Bonchev–Trinajstić information content (AvgIpc) is 2.94. The fourth-order valence-corrected chi connectivity index (χ4v) is 2.70. The topological polar surface area (TPSA) is 60.9 Å². The second-order valence-electron chi connectivity index (χ2n) is 5.58. The molecule has 114 valence electrons. The zero-order valence-corrected chi connectivity index (χ0v) is 12.5. The third kappa shape index (κ3) is 3.61. The van der Waals surface area contributed by atoms with Crippen LogP contribution in [0.15, 0.2) is 30.3 Å². The minimum absolute atomic E-state index is 0.0988. The van der Waals surface area contributed by atoms with Crippen molar-refractivity contribution in [3.8, 4) is 0 Å². The van der Waals surface area contributed by atoms with Crippen molar-refractivity contribution in [1.82, 2.24) is 9.80 Å². The molecule has 1 amide bonds. The van der Waals surface area contributed by atoms with Crippen LogP contribution in [0, 0.1) is 0 Å². The Morgan fingerprint density at radius 2 is 2.05 bits per heavy atom. The Bertz CT molecular complexity index is 504. The summed E-state index contributed by atoms with van der Waals surface area (Å²) in [4.78, 5) is 27.0.